The molecule has 5 rings (SSSR count). The van der Waals surface area contributed by atoms with Crippen LogP contribution in [0.1, 0.15) is 18.7 Å². The molecule has 3 amide bonds. The highest BCUT2D eigenvalue weighted by Crippen LogP contribution is 2.54. The fourth-order valence-corrected chi connectivity index (χ4v) is 7.99. The van der Waals surface area contributed by atoms with Gasteiger partial charge in [0.2, 0.25) is 17.7 Å². The lowest BCUT2D eigenvalue weighted by Gasteiger charge is -2.36. The van der Waals surface area contributed by atoms with Crippen LogP contribution >= 0.6 is 57.9 Å². The molecule has 0 saturated carbocycles. The SMILES string of the molecule is CC1(C)c2sc(=O)n(CC(=O)Nc3ccc(Cl)c(Cl)c3)c2S[C@@H]2C(=O)N(c3ccc(Cl)cc3)C(=O)[C@@H]21. The first kappa shape index (κ1) is 25.4. The van der Waals surface area contributed by atoms with Gasteiger partial charge in [0.1, 0.15) is 11.8 Å². The number of nitrogens with one attached hydrogen (secondary N) is 1. The number of hydrogen-bond donors (Lipinski definition) is 1. The van der Waals surface area contributed by atoms with Crippen LogP contribution in [0.15, 0.2) is 52.3 Å². The summed E-state index contributed by atoms with van der Waals surface area (Å²) in [5, 5.41) is 3.65. The third-order valence-electron chi connectivity index (χ3n) is 6.29. The molecule has 2 aromatic carbocycles. The molecule has 1 N–H and O–H groups in total. The molecule has 7 nitrogen and oxygen atoms in total. The van der Waals surface area contributed by atoms with E-state index in [1.165, 1.54) is 15.5 Å². The fourth-order valence-electron chi connectivity index (χ4n) is 4.53. The molecule has 2 aliphatic rings. The van der Waals surface area contributed by atoms with Gasteiger partial charge >= 0.3 is 4.87 Å². The zero-order valence-electron chi connectivity index (χ0n) is 18.9. The summed E-state index contributed by atoms with van der Waals surface area (Å²) in [5.41, 5.74) is 0.0887. The average Bonchev–Trinajstić information content (AvgIpc) is 3.26. The van der Waals surface area contributed by atoms with Crippen LogP contribution in [0.5, 0.6) is 0 Å². The number of carbonyl (C=O) groups excluding carboxylic acids is 3. The first-order valence-corrected chi connectivity index (χ1v) is 13.6. The van der Waals surface area contributed by atoms with Gasteiger partial charge in [-0.2, -0.15) is 0 Å². The molecule has 2 aliphatic heterocycles. The lowest BCUT2D eigenvalue weighted by atomic mass is 9.76. The molecular weight excluding hydrogens is 565 g/mol. The summed E-state index contributed by atoms with van der Waals surface area (Å²) < 4.78 is 1.36. The summed E-state index contributed by atoms with van der Waals surface area (Å²) in [5.74, 6) is -1.77. The third-order valence-corrected chi connectivity index (χ3v) is 10.1. The Morgan fingerprint density at radius 2 is 1.69 bits per heavy atom. The predicted molar refractivity (Wildman–Crippen MR) is 144 cm³/mol. The summed E-state index contributed by atoms with van der Waals surface area (Å²) in [6, 6.07) is 11.2. The van der Waals surface area contributed by atoms with Crippen molar-refractivity contribution in [2.24, 2.45) is 5.92 Å². The molecule has 186 valence electrons. The lowest BCUT2D eigenvalue weighted by Crippen LogP contribution is -2.41. The van der Waals surface area contributed by atoms with Gasteiger partial charge in [-0.05, 0) is 42.5 Å². The highest BCUT2D eigenvalue weighted by atomic mass is 35.5. The molecule has 2 atom stereocenters. The Labute approximate surface area is 229 Å². The molecule has 0 bridgehead atoms. The van der Waals surface area contributed by atoms with Crippen LogP contribution in [0.25, 0.3) is 0 Å². The zero-order valence-corrected chi connectivity index (χ0v) is 22.8. The fraction of sp³-hybridized carbons (Fsp3) is 0.250. The molecule has 0 radical (unpaired) electrons. The molecule has 1 saturated heterocycles. The van der Waals surface area contributed by atoms with Gasteiger partial charge in [0, 0.05) is 21.0 Å². The van der Waals surface area contributed by atoms with Crippen molar-refractivity contribution >= 4 is 87.0 Å². The number of hydrogen-bond acceptors (Lipinski definition) is 6. The highest BCUT2D eigenvalue weighted by molar-refractivity contribution is 8.00. The Kier molecular flexibility index (Phi) is 6.49. The van der Waals surface area contributed by atoms with E-state index in [0.29, 0.717) is 31.3 Å². The van der Waals surface area contributed by atoms with Crippen LogP contribution in [-0.4, -0.2) is 27.5 Å². The van der Waals surface area contributed by atoms with Crippen LogP contribution in [0, 0.1) is 5.92 Å². The van der Waals surface area contributed by atoms with E-state index in [0.717, 1.165) is 23.1 Å². The standard InChI is InChI=1S/C24H18Cl3N3O4S2/c1-24(2)17-18(21(33)30(20(17)32)13-6-3-11(25)4-7-13)35-22-19(24)36-23(34)29(22)10-16(31)28-12-5-8-14(26)15(27)9-12/h3-9,17-18H,10H2,1-2H3,(H,28,31)/t17-,18+/m1/s1. The molecule has 1 fully saturated rings. The second-order valence-electron chi connectivity index (χ2n) is 8.99. The lowest BCUT2D eigenvalue weighted by molar-refractivity contribution is -0.123. The van der Waals surface area contributed by atoms with Crippen molar-refractivity contribution < 1.29 is 14.4 Å². The number of carbonyl (C=O) groups is 3. The average molecular weight is 583 g/mol. The first-order chi connectivity index (χ1) is 17.0. The second-order valence-corrected chi connectivity index (χ2v) is 12.3. The summed E-state index contributed by atoms with van der Waals surface area (Å²) in [7, 11) is 0. The number of thiazole rings is 1. The van der Waals surface area contributed by atoms with E-state index in [1.807, 2.05) is 13.8 Å². The van der Waals surface area contributed by atoms with Crippen LogP contribution in [0.3, 0.4) is 0 Å². The van der Waals surface area contributed by atoms with Gasteiger partial charge in [-0.1, -0.05) is 71.7 Å². The van der Waals surface area contributed by atoms with Gasteiger partial charge in [-0.3, -0.25) is 23.7 Å². The molecule has 0 spiro atoms. The van der Waals surface area contributed by atoms with Crippen molar-refractivity contribution in [2.75, 3.05) is 10.2 Å². The Morgan fingerprint density at radius 3 is 2.36 bits per heavy atom. The maximum absolute atomic E-state index is 13.5. The number of thioether (sulfide) groups is 1. The number of aromatic nitrogens is 1. The maximum Gasteiger partial charge on any atom is 0.308 e. The minimum atomic E-state index is -0.797. The smallest absolute Gasteiger partial charge is 0.308 e. The van der Waals surface area contributed by atoms with Crippen molar-refractivity contribution in [2.45, 2.75) is 36.1 Å². The predicted octanol–water partition coefficient (Wildman–Crippen LogP) is 5.45. The second kappa shape index (κ2) is 9.22. The molecule has 1 aromatic heterocycles. The van der Waals surface area contributed by atoms with E-state index >= 15 is 0 Å². The molecule has 12 heteroatoms. The topological polar surface area (TPSA) is 88.5 Å². The Hall–Kier alpha value is -2.30. The Morgan fingerprint density at radius 1 is 1.00 bits per heavy atom. The monoisotopic (exact) mass is 581 g/mol. The number of rotatable bonds is 4. The van der Waals surface area contributed by atoms with E-state index in [2.05, 4.69) is 5.32 Å². The summed E-state index contributed by atoms with van der Waals surface area (Å²) >= 11 is 20.1. The van der Waals surface area contributed by atoms with Crippen molar-refractivity contribution in [3.8, 4) is 0 Å². The van der Waals surface area contributed by atoms with Crippen molar-refractivity contribution in [3.05, 3.63) is 72.1 Å². The highest BCUT2D eigenvalue weighted by Gasteiger charge is 2.59. The third kappa shape index (κ3) is 4.16. The van der Waals surface area contributed by atoms with Gasteiger partial charge in [0.05, 0.1) is 26.7 Å². The van der Waals surface area contributed by atoms with Crippen LogP contribution < -0.4 is 15.1 Å². The molecule has 3 heterocycles. The van der Waals surface area contributed by atoms with Gasteiger partial charge in [0.15, 0.2) is 0 Å². The molecule has 0 unspecified atom stereocenters. The quantitative estimate of drug-likeness (QED) is 0.413. The Balaban J connectivity index is 1.46. The minimum absolute atomic E-state index is 0.256. The normalized spacial score (nSPS) is 20.3. The molecule has 36 heavy (non-hydrogen) atoms. The Bertz CT molecular complexity index is 1480. The maximum atomic E-state index is 13.5. The number of nitrogens with zero attached hydrogens (tertiary/aromatic N) is 2. The number of amides is 3. The van der Waals surface area contributed by atoms with E-state index in [4.69, 9.17) is 34.8 Å². The first-order valence-electron chi connectivity index (χ1n) is 10.8. The number of benzene rings is 2. The minimum Gasteiger partial charge on any atom is -0.324 e. The number of imide groups is 1. The summed E-state index contributed by atoms with van der Waals surface area (Å²) in [6.45, 7) is 3.46. The van der Waals surface area contributed by atoms with Gasteiger partial charge in [0.25, 0.3) is 0 Å². The summed E-state index contributed by atoms with van der Waals surface area (Å²) in [6.07, 6.45) is 0. The van der Waals surface area contributed by atoms with Crippen LogP contribution in [0.4, 0.5) is 11.4 Å². The van der Waals surface area contributed by atoms with Crippen molar-refractivity contribution in [1.29, 1.82) is 0 Å². The number of anilines is 2. The van der Waals surface area contributed by atoms with E-state index < -0.39 is 22.5 Å². The largest absolute Gasteiger partial charge is 0.324 e. The van der Waals surface area contributed by atoms with E-state index in [9.17, 15) is 19.2 Å². The van der Waals surface area contributed by atoms with E-state index in [-0.39, 0.29) is 28.3 Å². The summed E-state index contributed by atoms with van der Waals surface area (Å²) in [4.78, 5) is 54.2. The zero-order chi connectivity index (χ0) is 25.9. The van der Waals surface area contributed by atoms with Crippen LogP contribution in [0.2, 0.25) is 15.1 Å². The van der Waals surface area contributed by atoms with Crippen molar-refractivity contribution in [1.82, 2.24) is 4.57 Å². The van der Waals surface area contributed by atoms with E-state index in [1.54, 1.807) is 36.4 Å². The van der Waals surface area contributed by atoms with Crippen LogP contribution in [-0.2, 0) is 26.3 Å². The molecule has 3 aromatic rings. The van der Waals surface area contributed by atoms with Crippen molar-refractivity contribution in [3.63, 3.8) is 0 Å². The van der Waals surface area contributed by atoms with Gasteiger partial charge in [-0.15, -0.1) is 0 Å². The number of halogens is 3. The number of fused-ring (bicyclic) bond motifs is 2. The van der Waals surface area contributed by atoms with Gasteiger partial charge < -0.3 is 5.32 Å². The van der Waals surface area contributed by atoms with Gasteiger partial charge in [-0.25, -0.2) is 4.90 Å². The molecular formula is C24H18Cl3N3O4S2. The molecule has 0 aliphatic carbocycles.